The average Bonchev–Trinajstić information content (AvgIpc) is 3.23. The zero-order valence-electron chi connectivity index (χ0n) is 19.0. The second kappa shape index (κ2) is 9.41. The highest BCUT2D eigenvalue weighted by atomic mass is 16.2. The number of quaternary nitrogens is 1. The van der Waals surface area contributed by atoms with Crippen LogP contribution in [0.25, 0.3) is 6.08 Å². The molecule has 1 saturated heterocycles. The molecule has 3 aliphatic rings. The Morgan fingerprint density at radius 3 is 2.44 bits per heavy atom. The molecule has 2 aromatic carbocycles. The van der Waals surface area contributed by atoms with E-state index in [4.69, 9.17) is 5.10 Å². The second-order valence-electron chi connectivity index (χ2n) is 9.77. The lowest BCUT2D eigenvalue weighted by atomic mass is 9.77. The van der Waals surface area contributed by atoms with Gasteiger partial charge >= 0.3 is 0 Å². The van der Waals surface area contributed by atoms with Crippen LogP contribution in [0.4, 0.5) is 0 Å². The van der Waals surface area contributed by atoms with E-state index in [1.54, 1.807) is 0 Å². The van der Waals surface area contributed by atoms with Crippen molar-refractivity contribution in [1.82, 2.24) is 5.01 Å². The predicted octanol–water partition coefficient (Wildman–Crippen LogP) is 4.12. The zero-order chi connectivity index (χ0) is 21.9. The molecule has 166 valence electrons. The molecule has 2 aromatic rings. The van der Waals surface area contributed by atoms with Crippen LogP contribution in [-0.2, 0) is 4.79 Å². The van der Waals surface area contributed by atoms with Gasteiger partial charge in [-0.3, -0.25) is 4.79 Å². The van der Waals surface area contributed by atoms with Crippen LogP contribution in [0.15, 0.2) is 71.3 Å². The molecular weight excluding hydrogens is 394 g/mol. The molecule has 0 unspecified atom stereocenters. The Balaban J connectivity index is 1.45. The highest BCUT2D eigenvalue weighted by Crippen LogP contribution is 2.44. The normalized spacial score (nSPS) is 29.0. The SMILES string of the molecule is CC1CC[NH+](CC(=O)N2N=C3/C(=C/c4ccccc4)CCC[C@@H]3[C@H]2c2ccccc2)CC1. The number of likely N-dealkylation sites (tertiary alicyclic amines) is 1. The number of rotatable bonds is 4. The quantitative estimate of drug-likeness (QED) is 0.781. The number of hydrogen-bond acceptors (Lipinski definition) is 2. The molecular formula is C28H34N3O+. The monoisotopic (exact) mass is 428 g/mol. The highest BCUT2D eigenvalue weighted by molar-refractivity contribution is 6.08. The van der Waals surface area contributed by atoms with Crippen molar-refractivity contribution in [2.45, 2.75) is 45.1 Å². The number of nitrogens with zero attached hydrogens (tertiary/aromatic N) is 2. The van der Waals surface area contributed by atoms with Crippen molar-refractivity contribution in [2.24, 2.45) is 16.9 Å². The first-order valence-corrected chi connectivity index (χ1v) is 12.2. The van der Waals surface area contributed by atoms with Crippen LogP contribution in [0.1, 0.15) is 56.2 Å². The first-order chi connectivity index (χ1) is 15.7. The molecule has 1 aliphatic carbocycles. The van der Waals surface area contributed by atoms with E-state index >= 15 is 0 Å². The number of nitrogens with one attached hydrogen (secondary N) is 1. The number of benzene rings is 2. The summed E-state index contributed by atoms with van der Waals surface area (Å²) in [6.07, 6.45) is 7.96. The van der Waals surface area contributed by atoms with Crippen molar-refractivity contribution in [3.63, 3.8) is 0 Å². The lowest BCUT2D eigenvalue weighted by Gasteiger charge is -2.31. The molecule has 1 saturated carbocycles. The van der Waals surface area contributed by atoms with Gasteiger partial charge in [0.1, 0.15) is 0 Å². The van der Waals surface area contributed by atoms with Crippen molar-refractivity contribution < 1.29 is 9.69 Å². The van der Waals surface area contributed by atoms with Crippen LogP contribution in [-0.4, -0.2) is 36.3 Å². The molecule has 5 rings (SSSR count). The third kappa shape index (κ3) is 4.42. The van der Waals surface area contributed by atoms with Gasteiger partial charge in [-0.15, -0.1) is 0 Å². The minimum Gasteiger partial charge on any atom is -0.327 e. The molecule has 4 nitrogen and oxygen atoms in total. The Labute approximate surface area is 191 Å². The molecule has 2 aliphatic heterocycles. The third-order valence-electron chi connectivity index (χ3n) is 7.42. The van der Waals surface area contributed by atoms with E-state index in [1.807, 2.05) is 17.1 Å². The van der Waals surface area contributed by atoms with Gasteiger partial charge in [0.05, 0.1) is 24.8 Å². The molecule has 1 N–H and O–H groups in total. The molecule has 32 heavy (non-hydrogen) atoms. The van der Waals surface area contributed by atoms with E-state index in [0.29, 0.717) is 6.54 Å². The molecule has 0 aromatic heterocycles. The van der Waals surface area contributed by atoms with Gasteiger partial charge in [-0.1, -0.05) is 67.6 Å². The zero-order valence-corrected chi connectivity index (χ0v) is 19.0. The standard InChI is InChI=1S/C28H33N3O/c1-21-15-17-30(18-16-21)20-26(32)31-28(23-11-6-3-7-12-23)25-14-8-13-24(27(25)29-31)19-22-9-4-2-5-10-22/h2-7,9-12,19,21,25,28H,8,13-18,20H2,1H3/p+1/b24-19+/t25-,28+/m0/s1. The number of piperidine rings is 1. The van der Waals surface area contributed by atoms with Gasteiger partial charge in [0.2, 0.25) is 0 Å². The maximum atomic E-state index is 13.6. The molecule has 2 fully saturated rings. The molecule has 0 radical (unpaired) electrons. The summed E-state index contributed by atoms with van der Waals surface area (Å²) in [4.78, 5) is 15.0. The van der Waals surface area contributed by atoms with Gasteiger partial charge in [0.15, 0.2) is 6.54 Å². The number of fused-ring (bicyclic) bond motifs is 1. The number of hydrogen-bond donors (Lipinski definition) is 1. The Kier molecular flexibility index (Phi) is 6.22. The molecule has 0 spiro atoms. The van der Waals surface area contributed by atoms with Crippen molar-refractivity contribution >= 4 is 17.7 Å². The number of carbonyl (C=O) groups is 1. The summed E-state index contributed by atoms with van der Waals surface area (Å²) in [5.74, 6) is 1.23. The summed E-state index contributed by atoms with van der Waals surface area (Å²) in [5.41, 5.74) is 4.83. The minimum absolute atomic E-state index is 0.0151. The van der Waals surface area contributed by atoms with Crippen molar-refractivity contribution in [3.05, 3.63) is 77.4 Å². The summed E-state index contributed by atoms with van der Waals surface area (Å²) < 4.78 is 0. The lowest BCUT2D eigenvalue weighted by Crippen LogP contribution is -3.14. The van der Waals surface area contributed by atoms with Crippen LogP contribution >= 0.6 is 0 Å². The fraction of sp³-hybridized carbons (Fsp3) is 0.429. The highest BCUT2D eigenvalue weighted by Gasteiger charge is 2.44. The maximum absolute atomic E-state index is 13.6. The Morgan fingerprint density at radius 2 is 1.72 bits per heavy atom. The van der Waals surface area contributed by atoms with Crippen molar-refractivity contribution in [3.8, 4) is 0 Å². The van der Waals surface area contributed by atoms with Gasteiger partial charge in [0, 0.05) is 5.92 Å². The summed E-state index contributed by atoms with van der Waals surface area (Å²) >= 11 is 0. The molecule has 4 heteroatoms. The van der Waals surface area contributed by atoms with Crippen molar-refractivity contribution in [2.75, 3.05) is 19.6 Å². The van der Waals surface area contributed by atoms with Gasteiger partial charge in [-0.25, -0.2) is 5.01 Å². The number of hydrazone groups is 1. The fourth-order valence-corrected chi connectivity index (χ4v) is 5.58. The largest absolute Gasteiger partial charge is 0.327 e. The summed E-state index contributed by atoms with van der Waals surface area (Å²) in [6, 6.07) is 21.0. The first-order valence-electron chi connectivity index (χ1n) is 12.2. The van der Waals surface area contributed by atoms with E-state index in [0.717, 1.165) is 44.0 Å². The van der Waals surface area contributed by atoms with Gasteiger partial charge < -0.3 is 4.90 Å². The Hall–Kier alpha value is -2.72. The fourth-order valence-electron chi connectivity index (χ4n) is 5.58. The van der Waals surface area contributed by atoms with Gasteiger partial charge in [0.25, 0.3) is 5.91 Å². The van der Waals surface area contributed by atoms with E-state index in [9.17, 15) is 4.79 Å². The van der Waals surface area contributed by atoms with Gasteiger partial charge in [-0.05, 0) is 60.8 Å². The maximum Gasteiger partial charge on any atom is 0.298 e. The number of carbonyl (C=O) groups excluding carboxylic acids is 1. The van der Waals surface area contributed by atoms with Crippen LogP contribution in [0.3, 0.4) is 0 Å². The van der Waals surface area contributed by atoms with Crippen LogP contribution in [0, 0.1) is 11.8 Å². The average molecular weight is 429 g/mol. The second-order valence-corrected chi connectivity index (χ2v) is 9.77. The van der Waals surface area contributed by atoms with E-state index in [2.05, 4.69) is 61.5 Å². The molecule has 1 amide bonds. The van der Waals surface area contributed by atoms with E-state index in [1.165, 1.54) is 34.4 Å². The lowest BCUT2D eigenvalue weighted by molar-refractivity contribution is -0.898. The van der Waals surface area contributed by atoms with Crippen LogP contribution in [0.5, 0.6) is 0 Å². The first kappa shape index (κ1) is 21.1. The molecule has 2 heterocycles. The predicted molar refractivity (Wildman–Crippen MR) is 129 cm³/mol. The van der Waals surface area contributed by atoms with Gasteiger partial charge in [-0.2, -0.15) is 5.10 Å². The summed E-state index contributed by atoms with van der Waals surface area (Å²) in [5, 5.41) is 6.90. The van der Waals surface area contributed by atoms with Crippen LogP contribution < -0.4 is 4.90 Å². The number of allylic oxidation sites excluding steroid dienone is 1. The summed E-state index contributed by atoms with van der Waals surface area (Å²) in [6.45, 7) is 5.06. The number of amides is 1. The molecule has 0 bridgehead atoms. The van der Waals surface area contributed by atoms with Crippen molar-refractivity contribution in [1.29, 1.82) is 0 Å². The molecule has 2 atom stereocenters. The minimum atomic E-state index is 0.0151. The van der Waals surface area contributed by atoms with E-state index < -0.39 is 0 Å². The third-order valence-corrected chi connectivity index (χ3v) is 7.42. The Morgan fingerprint density at radius 1 is 1.03 bits per heavy atom. The topological polar surface area (TPSA) is 37.1 Å². The smallest absolute Gasteiger partial charge is 0.298 e. The van der Waals surface area contributed by atoms with E-state index in [-0.39, 0.29) is 17.9 Å². The Bertz CT molecular complexity index is 990. The van der Waals surface area contributed by atoms with Crippen LogP contribution in [0.2, 0.25) is 0 Å². The summed E-state index contributed by atoms with van der Waals surface area (Å²) in [7, 11) is 0.